The highest BCUT2D eigenvalue weighted by atomic mass is 16.2. The van der Waals surface area contributed by atoms with Crippen molar-refractivity contribution in [2.75, 3.05) is 26.2 Å². The van der Waals surface area contributed by atoms with Crippen LogP contribution in [0.15, 0.2) is 0 Å². The number of nitrogens with zero attached hydrogens (tertiary/aromatic N) is 1. The van der Waals surface area contributed by atoms with Crippen molar-refractivity contribution in [1.82, 2.24) is 10.2 Å². The first-order valence-electron chi connectivity index (χ1n) is 9.81. The summed E-state index contributed by atoms with van der Waals surface area (Å²) in [6.45, 7) is 14.4. The van der Waals surface area contributed by atoms with Gasteiger partial charge in [-0.1, -0.05) is 47.5 Å². The van der Waals surface area contributed by atoms with E-state index < -0.39 is 0 Å². The molecule has 0 radical (unpaired) electrons. The van der Waals surface area contributed by atoms with E-state index in [1.807, 2.05) is 0 Å². The minimum atomic E-state index is -0.109. The molecule has 0 saturated heterocycles. The molecular formula is C20H38N2O2. The van der Waals surface area contributed by atoms with Crippen molar-refractivity contribution >= 4 is 11.7 Å². The van der Waals surface area contributed by atoms with Gasteiger partial charge < -0.3 is 10.2 Å². The van der Waals surface area contributed by atoms with E-state index in [1.54, 1.807) is 0 Å². The van der Waals surface area contributed by atoms with Crippen molar-refractivity contribution in [1.29, 1.82) is 0 Å². The molecule has 0 bridgehead atoms. The molecule has 1 fully saturated rings. The molecule has 4 nitrogen and oxygen atoms in total. The molecule has 1 aliphatic carbocycles. The van der Waals surface area contributed by atoms with Crippen molar-refractivity contribution in [3.8, 4) is 0 Å². The molecule has 1 rings (SSSR count). The molecule has 0 aromatic rings. The number of amides is 1. The van der Waals surface area contributed by atoms with Crippen molar-refractivity contribution in [2.45, 2.75) is 73.1 Å². The summed E-state index contributed by atoms with van der Waals surface area (Å²) in [6, 6.07) is 0. The lowest BCUT2D eigenvalue weighted by Crippen LogP contribution is -2.41. The fourth-order valence-electron chi connectivity index (χ4n) is 3.67. The van der Waals surface area contributed by atoms with Crippen LogP contribution in [0.4, 0.5) is 0 Å². The van der Waals surface area contributed by atoms with Crippen molar-refractivity contribution < 1.29 is 9.59 Å². The number of carbonyl (C=O) groups excluding carboxylic acids is 2. The van der Waals surface area contributed by atoms with Crippen LogP contribution < -0.4 is 5.32 Å². The quantitative estimate of drug-likeness (QED) is 0.653. The maximum atomic E-state index is 12.6. The Balaban J connectivity index is 2.48. The number of rotatable bonds is 9. The molecule has 0 aliphatic heterocycles. The van der Waals surface area contributed by atoms with E-state index >= 15 is 0 Å². The number of carbonyl (C=O) groups is 2. The summed E-state index contributed by atoms with van der Waals surface area (Å²) >= 11 is 0. The molecule has 4 heteroatoms. The van der Waals surface area contributed by atoms with Gasteiger partial charge >= 0.3 is 0 Å². The van der Waals surface area contributed by atoms with E-state index in [2.05, 4.69) is 44.8 Å². The van der Waals surface area contributed by atoms with Gasteiger partial charge in [-0.15, -0.1) is 0 Å². The van der Waals surface area contributed by atoms with E-state index in [4.69, 9.17) is 0 Å². The SMILES string of the molecule is CCN(CC)CCCNC(=O)[C@@H]1CCCC[C@@H]1C(=O)CC(C)(C)C. The third kappa shape index (κ3) is 7.33. The summed E-state index contributed by atoms with van der Waals surface area (Å²) in [5.74, 6) is 0.204. The van der Waals surface area contributed by atoms with Crippen LogP contribution in [0.3, 0.4) is 0 Å². The highest BCUT2D eigenvalue weighted by molar-refractivity contribution is 5.89. The van der Waals surface area contributed by atoms with Crippen LogP contribution in [0.25, 0.3) is 0 Å². The topological polar surface area (TPSA) is 49.4 Å². The molecule has 1 aliphatic rings. The van der Waals surface area contributed by atoms with Crippen molar-refractivity contribution in [3.05, 3.63) is 0 Å². The Hall–Kier alpha value is -0.900. The van der Waals surface area contributed by atoms with Gasteiger partial charge in [0.05, 0.1) is 0 Å². The molecule has 0 aromatic carbocycles. The highest BCUT2D eigenvalue weighted by Crippen LogP contribution is 2.34. The molecule has 0 unspecified atom stereocenters. The Kier molecular flexibility index (Phi) is 8.96. The molecule has 140 valence electrons. The van der Waals surface area contributed by atoms with Gasteiger partial charge in [-0.05, 0) is 44.3 Å². The Morgan fingerprint density at radius 2 is 1.62 bits per heavy atom. The Morgan fingerprint density at radius 3 is 2.17 bits per heavy atom. The number of ketones is 1. The molecule has 0 heterocycles. The molecular weight excluding hydrogens is 300 g/mol. The van der Waals surface area contributed by atoms with Crippen LogP contribution in [0, 0.1) is 17.3 Å². The molecule has 1 N–H and O–H groups in total. The second-order valence-corrected chi connectivity index (χ2v) is 8.37. The van der Waals surface area contributed by atoms with E-state index in [-0.39, 0.29) is 28.9 Å². The lowest BCUT2D eigenvalue weighted by molar-refractivity contribution is -0.136. The van der Waals surface area contributed by atoms with Gasteiger partial charge in [-0.3, -0.25) is 9.59 Å². The second-order valence-electron chi connectivity index (χ2n) is 8.37. The Morgan fingerprint density at radius 1 is 1.04 bits per heavy atom. The fraction of sp³-hybridized carbons (Fsp3) is 0.900. The summed E-state index contributed by atoms with van der Waals surface area (Å²) in [5, 5.41) is 3.09. The first kappa shape index (κ1) is 21.1. The van der Waals surface area contributed by atoms with Gasteiger partial charge in [0.15, 0.2) is 0 Å². The van der Waals surface area contributed by atoms with Gasteiger partial charge in [0.2, 0.25) is 5.91 Å². The Bertz CT molecular complexity index is 397. The second kappa shape index (κ2) is 10.2. The van der Waals surface area contributed by atoms with Crippen LogP contribution in [0.2, 0.25) is 0 Å². The molecule has 2 atom stereocenters. The summed E-state index contributed by atoms with van der Waals surface area (Å²) in [4.78, 5) is 27.6. The van der Waals surface area contributed by atoms with Gasteiger partial charge in [0.1, 0.15) is 5.78 Å². The molecule has 1 saturated carbocycles. The first-order chi connectivity index (χ1) is 11.3. The summed E-state index contributed by atoms with van der Waals surface area (Å²) < 4.78 is 0. The number of hydrogen-bond donors (Lipinski definition) is 1. The van der Waals surface area contributed by atoms with Gasteiger partial charge in [-0.2, -0.15) is 0 Å². The van der Waals surface area contributed by atoms with E-state index in [0.29, 0.717) is 13.0 Å². The van der Waals surface area contributed by atoms with Crippen LogP contribution >= 0.6 is 0 Å². The molecule has 0 spiro atoms. The summed E-state index contributed by atoms with van der Waals surface area (Å²) in [7, 11) is 0. The Labute approximate surface area is 148 Å². The zero-order valence-electron chi connectivity index (χ0n) is 16.5. The van der Waals surface area contributed by atoms with E-state index in [1.165, 1.54) is 0 Å². The number of hydrogen-bond acceptors (Lipinski definition) is 3. The molecule has 24 heavy (non-hydrogen) atoms. The lowest BCUT2D eigenvalue weighted by Gasteiger charge is -2.31. The fourth-order valence-corrected chi connectivity index (χ4v) is 3.67. The van der Waals surface area contributed by atoms with Crippen molar-refractivity contribution in [3.63, 3.8) is 0 Å². The van der Waals surface area contributed by atoms with Crippen molar-refractivity contribution in [2.24, 2.45) is 17.3 Å². The standard InChI is InChI=1S/C20H38N2O2/c1-6-22(7-2)14-10-13-21-19(24)17-12-9-8-11-16(17)18(23)15-20(3,4)5/h16-17H,6-15H2,1-5H3,(H,21,24)/t16-,17+/m0/s1. The largest absolute Gasteiger partial charge is 0.356 e. The monoisotopic (exact) mass is 338 g/mol. The highest BCUT2D eigenvalue weighted by Gasteiger charge is 2.36. The van der Waals surface area contributed by atoms with Gasteiger partial charge in [-0.25, -0.2) is 0 Å². The van der Waals surface area contributed by atoms with Crippen LogP contribution in [-0.4, -0.2) is 42.8 Å². The van der Waals surface area contributed by atoms with E-state index in [9.17, 15) is 9.59 Å². The normalized spacial score (nSPS) is 21.8. The zero-order valence-corrected chi connectivity index (χ0v) is 16.5. The third-order valence-corrected chi connectivity index (χ3v) is 5.07. The minimum absolute atomic E-state index is 0.000674. The van der Waals surface area contributed by atoms with Crippen LogP contribution in [0.5, 0.6) is 0 Å². The average Bonchev–Trinajstić information content (AvgIpc) is 2.53. The predicted octanol–water partition coefficient (Wildman–Crippen LogP) is 3.65. The van der Waals surface area contributed by atoms with Crippen LogP contribution in [-0.2, 0) is 9.59 Å². The summed E-state index contributed by atoms with van der Waals surface area (Å²) in [5.41, 5.74) is -0.000674. The lowest BCUT2D eigenvalue weighted by atomic mass is 9.73. The van der Waals surface area contributed by atoms with Gasteiger partial charge in [0.25, 0.3) is 0 Å². The summed E-state index contributed by atoms with van der Waals surface area (Å²) in [6.07, 6.45) is 5.43. The van der Waals surface area contributed by atoms with Crippen LogP contribution in [0.1, 0.15) is 73.1 Å². The maximum Gasteiger partial charge on any atom is 0.223 e. The predicted molar refractivity (Wildman–Crippen MR) is 99.9 cm³/mol. The number of Topliss-reactive ketones (excluding diaryl/α,β-unsaturated/α-hetero) is 1. The molecule has 0 aromatic heterocycles. The first-order valence-corrected chi connectivity index (χ1v) is 9.81. The molecule has 1 amide bonds. The number of nitrogens with one attached hydrogen (secondary N) is 1. The van der Waals surface area contributed by atoms with E-state index in [0.717, 1.165) is 51.7 Å². The zero-order chi connectivity index (χ0) is 18.2. The van der Waals surface area contributed by atoms with Gasteiger partial charge in [0, 0.05) is 24.8 Å². The minimum Gasteiger partial charge on any atom is -0.356 e. The third-order valence-electron chi connectivity index (χ3n) is 5.07. The average molecular weight is 339 g/mol. The smallest absolute Gasteiger partial charge is 0.223 e. The maximum absolute atomic E-state index is 12.6.